The lowest BCUT2D eigenvalue weighted by atomic mass is 10.0. The molecule has 3 heterocycles. The largest absolute Gasteiger partial charge is 0.337 e. The van der Waals surface area contributed by atoms with Gasteiger partial charge in [-0.2, -0.15) is 0 Å². The number of para-hydroxylation sites is 1. The maximum Gasteiger partial charge on any atom is 0.261 e. The summed E-state index contributed by atoms with van der Waals surface area (Å²) in [6.45, 7) is 4.54. The van der Waals surface area contributed by atoms with Gasteiger partial charge in [0.1, 0.15) is 10.0 Å². The van der Waals surface area contributed by atoms with E-state index >= 15 is 0 Å². The third kappa shape index (κ3) is 5.48. The molecule has 0 spiro atoms. The fourth-order valence-corrected chi connectivity index (χ4v) is 8.21. The summed E-state index contributed by atoms with van der Waals surface area (Å²) in [6.07, 6.45) is 0.669. The van der Waals surface area contributed by atoms with E-state index in [0.717, 1.165) is 36.8 Å². The number of carbonyl (C=O) groups is 2. The molecule has 1 aliphatic heterocycles. The van der Waals surface area contributed by atoms with E-state index in [9.17, 15) is 18.0 Å². The molecule has 0 unspecified atom stereocenters. The minimum absolute atomic E-state index is 0.0149. The fraction of sp³-hybridized carbons (Fsp3) is 0.167. The summed E-state index contributed by atoms with van der Waals surface area (Å²) in [4.78, 5) is 33.4. The van der Waals surface area contributed by atoms with E-state index in [4.69, 9.17) is 4.98 Å². The Morgan fingerprint density at radius 2 is 1.76 bits per heavy atom. The number of sulfonamides is 1. The van der Waals surface area contributed by atoms with Crippen molar-refractivity contribution >= 4 is 65.4 Å². The average Bonchev–Trinajstić information content (AvgIpc) is 3.53. The average molecular weight is 603 g/mol. The molecule has 0 fully saturated rings. The Balaban J connectivity index is 1.32. The molecule has 0 saturated carbocycles. The summed E-state index contributed by atoms with van der Waals surface area (Å²) in [5.74, 6) is -0.355. The predicted octanol–water partition coefficient (Wildman–Crippen LogP) is 6.29. The van der Waals surface area contributed by atoms with Crippen molar-refractivity contribution in [2.45, 2.75) is 31.7 Å². The Bertz CT molecular complexity index is 1880. The van der Waals surface area contributed by atoms with E-state index in [1.807, 2.05) is 31.2 Å². The van der Waals surface area contributed by atoms with Gasteiger partial charge in [0, 0.05) is 35.2 Å². The highest BCUT2D eigenvalue weighted by Crippen LogP contribution is 2.45. The van der Waals surface area contributed by atoms with E-state index in [1.165, 1.54) is 17.4 Å². The highest BCUT2D eigenvalue weighted by atomic mass is 32.2. The van der Waals surface area contributed by atoms with Gasteiger partial charge < -0.3 is 10.2 Å². The molecule has 0 radical (unpaired) electrons. The fourth-order valence-electron chi connectivity index (χ4n) is 4.80. The van der Waals surface area contributed by atoms with Gasteiger partial charge in [0.15, 0.2) is 0 Å². The third-order valence-corrected chi connectivity index (χ3v) is 10.5. The number of hydrogen-bond acceptors (Lipinski definition) is 7. The SMILES string of the molecule is CC(=O)N1CCc2c(sc(NC(=O)c3cccc(NS(=O)(=O)c4ccc(C)cc4)c3)c2-c2nc3ccccc3s2)C1. The van der Waals surface area contributed by atoms with Crippen molar-refractivity contribution in [2.24, 2.45) is 0 Å². The molecule has 8 nitrogen and oxygen atoms in total. The second-order valence-electron chi connectivity index (χ2n) is 9.84. The molecule has 41 heavy (non-hydrogen) atoms. The van der Waals surface area contributed by atoms with E-state index in [1.54, 1.807) is 65.6 Å². The van der Waals surface area contributed by atoms with Gasteiger partial charge in [0.2, 0.25) is 5.91 Å². The second kappa shape index (κ2) is 10.7. The molecule has 1 aliphatic rings. The summed E-state index contributed by atoms with van der Waals surface area (Å²) >= 11 is 3.02. The van der Waals surface area contributed by atoms with Gasteiger partial charge in [-0.1, -0.05) is 35.9 Å². The van der Waals surface area contributed by atoms with Gasteiger partial charge >= 0.3 is 0 Å². The number of thiazole rings is 1. The summed E-state index contributed by atoms with van der Waals surface area (Å²) in [5.41, 5.74) is 4.42. The topological polar surface area (TPSA) is 108 Å². The summed E-state index contributed by atoms with van der Waals surface area (Å²) in [7, 11) is -3.82. The van der Waals surface area contributed by atoms with Gasteiger partial charge in [0.25, 0.3) is 15.9 Å². The third-order valence-electron chi connectivity index (χ3n) is 6.95. The highest BCUT2D eigenvalue weighted by Gasteiger charge is 2.29. The first-order valence-corrected chi connectivity index (χ1v) is 16.1. The molecule has 0 saturated heterocycles. The van der Waals surface area contributed by atoms with E-state index in [-0.39, 0.29) is 22.4 Å². The van der Waals surface area contributed by atoms with Gasteiger partial charge in [-0.15, -0.1) is 22.7 Å². The maximum absolute atomic E-state index is 13.5. The van der Waals surface area contributed by atoms with Crippen LogP contribution in [-0.4, -0.2) is 36.7 Å². The molecular formula is C30H26N4O4S3. The van der Waals surface area contributed by atoms with Crippen LogP contribution in [-0.2, 0) is 27.8 Å². The van der Waals surface area contributed by atoms with Crippen LogP contribution in [0.4, 0.5) is 10.7 Å². The number of rotatable bonds is 6. The number of nitrogens with one attached hydrogen (secondary N) is 2. The molecule has 0 bridgehead atoms. The minimum Gasteiger partial charge on any atom is -0.337 e. The number of aromatic nitrogens is 1. The van der Waals surface area contributed by atoms with E-state index in [2.05, 4.69) is 10.0 Å². The zero-order valence-electron chi connectivity index (χ0n) is 22.3. The normalized spacial score (nSPS) is 13.2. The summed E-state index contributed by atoms with van der Waals surface area (Å²) in [5, 5.41) is 4.54. The van der Waals surface area contributed by atoms with Crippen molar-refractivity contribution in [3.63, 3.8) is 0 Å². The van der Waals surface area contributed by atoms with Gasteiger partial charge in [-0.3, -0.25) is 14.3 Å². The smallest absolute Gasteiger partial charge is 0.261 e. The molecule has 5 aromatic rings. The molecule has 208 valence electrons. The van der Waals surface area contributed by atoms with Crippen LogP contribution in [0.1, 0.15) is 33.3 Å². The number of benzene rings is 3. The Labute approximate surface area is 245 Å². The zero-order chi connectivity index (χ0) is 28.7. The van der Waals surface area contributed by atoms with Gasteiger partial charge in [-0.25, -0.2) is 13.4 Å². The standard InChI is InChI=1S/C30H26N4O4S3/c1-18-10-12-22(13-11-18)41(37,38)33-21-7-5-6-20(16-21)28(36)32-30-27(29-31-24-8-3-4-9-25(24)39-29)23-14-15-34(19(2)35)17-26(23)40-30/h3-13,16,33H,14-15,17H2,1-2H3,(H,32,36). The first-order chi connectivity index (χ1) is 19.7. The second-order valence-corrected chi connectivity index (χ2v) is 13.7. The molecule has 0 atom stereocenters. The number of anilines is 2. The van der Waals surface area contributed by atoms with Crippen molar-refractivity contribution < 1.29 is 18.0 Å². The number of amides is 2. The lowest BCUT2D eigenvalue weighted by Crippen LogP contribution is -2.33. The van der Waals surface area contributed by atoms with Crippen LogP contribution in [0.3, 0.4) is 0 Å². The Morgan fingerprint density at radius 3 is 2.51 bits per heavy atom. The Morgan fingerprint density at radius 1 is 0.976 bits per heavy atom. The predicted molar refractivity (Wildman–Crippen MR) is 164 cm³/mol. The zero-order valence-corrected chi connectivity index (χ0v) is 24.8. The van der Waals surface area contributed by atoms with Crippen molar-refractivity contribution in [2.75, 3.05) is 16.6 Å². The number of hydrogen-bond donors (Lipinski definition) is 2. The van der Waals surface area contributed by atoms with Crippen molar-refractivity contribution in [1.29, 1.82) is 0 Å². The lowest BCUT2D eigenvalue weighted by molar-refractivity contribution is -0.129. The van der Waals surface area contributed by atoms with Crippen LogP contribution in [0.25, 0.3) is 20.8 Å². The molecule has 2 aromatic heterocycles. The maximum atomic E-state index is 13.5. The van der Waals surface area contributed by atoms with Crippen molar-refractivity contribution in [3.05, 3.63) is 94.4 Å². The first kappa shape index (κ1) is 27.1. The molecule has 2 N–H and O–H groups in total. The van der Waals surface area contributed by atoms with Crippen LogP contribution >= 0.6 is 22.7 Å². The van der Waals surface area contributed by atoms with Crippen LogP contribution in [0.15, 0.2) is 77.7 Å². The van der Waals surface area contributed by atoms with Crippen LogP contribution in [0, 0.1) is 6.92 Å². The molecular weight excluding hydrogens is 577 g/mol. The van der Waals surface area contributed by atoms with Gasteiger partial charge in [0.05, 0.1) is 21.7 Å². The van der Waals surface area contributed by atoms with E-state index in [0.29, 0.717) is 30.1 Å². The quantitative estimate of drug-likeness (QED) is 0.237. The summed E-state index contributed by atoms with van der Waals surface area (Å²) < 4.78 is 29.4. The minimum atomic E-state index is -3.82. The first-order valence-electron chi connectivity index (χ1n) is 12.9. The highest BCUT2D eigenvalue weighted by molar-refractivity contribution is 7.92. The van der Waals surface area contributed by atoms with Crippen molar-refractivity contribution in [1.82, 2.24) is 9.88 Å². The molecule has 11 heteroatoms. The lowest BCUT2D eigenvalue weighted by Gasteiger charge is -2.26. The van der Waals surface area contributed by atoms with E-state index < -0.39 is 10.0 Å². The number of thiophene rings is 1. The molecule has 2 amide bonds. The van der Waals surface area contributed by atoms with Crippen LogP contribution < -0.4 is 10.0 Å². The van der Waals surface area contributed by atoms with Crippen molar-refractivity contribution in [3.8, 4) is 10.6 Å². The Hall–Kier alpha value is -4.06. The number of aryl methyl sites for hydroxylation is 1. The number of fused-ring (bicyclic) bond motifs is 2. The summed E-state index contributed by atoms with van der Waals surface area (Å²) in [6, 6.07) is 20.9. The monoisotopic (exact) mass is 602 g/mol. The number of nitrogens with zero attached hydrogens (tertiary/aromatic N) is 2. The number of carbonyl (C=O) groups excluding carboxylic acids is 2. The molecule has 6 rings (SSSR count). The molecule has 3 aromatic carbocycles. The van der Waals surface area contributed by atoms with Gasteiger partial charge in [-0.05, 0) is 61.4 Å². The van der Waals surface area contributed by atoms with Crippen LogP contribution in [0.5, 0.6) is 0 Å². The molecule has 0 aliphatic carbocycles. The van der Waals surface area contributed by atoms with Crippen LogP contribution in [0.2, 0.25) is 0 Å². The Kier molecular flexibility index (Phi) is 7.10.